The molecule has 2 rings (SSSR count). The summed E-state index contributed by atoms with van der Waals surface area (Å²) in [7, 11) is 0. The molecule has 0 aromatic heterocycles. The highest BCUT2D eigenvalue weighted by Gasteiger charge is 2.15. The molecule has 2 aromatic carbocycles. The molecular weight excluding hydrogens is 250 g/mol. The molecule has 0 spiro atoms. The van der Waals surface area contributed by atoms with Gasteiger partial charge in [-0.15, -0.1) is 0 Å². The largest absolute Gasteiger partial charge is 0.389 e. The first kappa shape index (κ1) is 14.3. The van der Waals surface area contributed by atoms with E-state index in [4.69, 9.17) is 0 Å². The molecule has 1 amide bonds. The average Bonchev–Trinajstić information content (AvgIpc) is 2.47. The van der Waals surface area contributed by atoms with Crippen molar-refractivity contribution in [3.63, 3.8) is 0 Å². The number of nitrogens with one attached hydrogen (secondary N) is 1. The standard InChI is InChI=1S/C17H19NO2/c1-12(14-7-4-3-5-8-14)17(20)18-16-10-6-9-15(11-16)13(2)19/h3-13,19H,1-2H3,(H,18,20). The van der Waals surface area contributed by atoms with E-state index in [0.717, 1.165) is 11.1 Å². The van der Waals surface area contributed by atoms with Gasteiger partial charge in [-0.3, -0.25) is 4.79 Å². The van der Waals surface area contributed by atoms with E-state index in [1.54, 1.807) is 13.0 Å². The second-order valence-corrected chi connectivity index (χ2v) is 4.92. The topological polar surface area (TPSA) is 49.3 Å². The minimum Gasteiger partial charge on any atom is -0.389 e. The molecule has 2 unspecified atom stereocenters. The molecule has 2 aromatic rings. The Morgan fingerprint density at radius 1 is 1.00 bits per heavy atom. The van der Waals surface area contributed by atoms with E-state index in [1.165, 1.54) is 0 Å². The molecule has 2 N–H and O–H groups in total. The third kappa shape index (κ3) is 3.45. The van der Waals surface area contributed by atoms with Gasteiger partial charge in [0.15, 0.2) is 0 Å². The number of benzene rings is 2. The van der Waals surface area contributed by atoms with Crippen molar-refractivity contribution in [1.29, 1.82) is 0 Å². The van der Waals surface area contributed by atoms with Gasteiger partial charge < -0.3 is 10.4 Å². The smallest absolute Gasteiger partial charge is 0.231 e. The van der Waals surface area contributed by atoms with E-state index in [0.29, 0.717) is 5.69 Å². The van der Waals surface area contributed by atoms with Crippen LogP contribution >= 0.6 is 0 Å². The second-order valence-electron chi connectivity index (χ2n) is 4.92. The van der Waals surface area contributed by atoms with Crippen molar-refractivity contribution in [2.45, 2.75) is 25.9 Å². The van der Waals surface area contributed by atoms with Gasteiger partial charge in [-0.25, -0.2) is 0 Å². The van der Waals surface area contributed by atoms with E-state index >= 15 is 0 Å². The Kier molecular flexibility index (Phi) is 4.53. The normalized spacial score (nSPS) is 13.6. The number of anilines is 1. The van der Waals surface area contributed by atoms with E-state index in [1.807, 2.05) is 55.5 Å². The van der Waals surface area contributed by atoms with Crippen LogP contribution in [-0.4, -0.2) is 11.0 Å². The quantitative estimate of drug-likeness (QED) is 0.892. The Bertz CT molecular complexity index is 579. The first-order valence-electron chi connectivity index (χ1n) is 6.72. The van der Waals surface area contributed by atoms with Crippen LogP contribution in [0.3, 0.4) is 0 Å². The molecule has 0 heterocycles. The molecule has 0 fully saturated rings. The zero-order valence-corrected chi connectivity index (χ0v) is 11.7. The lowest BCUT2D eigenvalue weighted by Crippen LogP contribution is -2.18. The molecule has 20 heavy (non-hydrogen) atoms. The lowest BCUT2D eigenvalue weighted by Gasteiger charge is -2.13. The Morgan fingerprint density at radius 3 is 2.30 bits per heavy atom. The van der Waals surface area contributed by atoms with Gasteiger partial charge in [0, 0.05) is 5.69 Å². The maximum Gasteiger partial charge on any atom is 0.231 e. The fourth-order valence-electron chi connectivity index (χ4n) is 2.02. The summed E-state index contributed by atoms with van der Waals surface area (Å²) in [5, 5.41) is 12.4. The molecule has 0 aliphatic heterocycles. The van der Waals surface area contributed by atoms with Gasteiger partial charge in [-0.2, -0.15) is 0 Å². The molecule has 3 heteroatoms. The van der Waals surface area contributed by atoms with Gasteiger partial charge in [0.05, 0.1) is 12.0 Å². The summed E-state index contributed by atoms with van der Waals surface area (Å²) < 4.78 is 0. The number of hydrogen-bond acceptors (Lipinski definition) is 2. The molecule has 0 radical (unpaired) electrons. The van der Waals surface area contributed by atoms with Gasteiger partial charge >= 0.3 is 0 Å². The van der Waals surface area contributed by atoms with E-state index in [9.17, 15) is 9.90 Å². The van der Waals surface area contributed by atoms with Gasteiger partial charge in [-0.1, -0.05) is 42.5 Å². The highest BCUT2D eigenvalue weighted by atomic mass is 16.3. The van der Waals surface area contributed by atoms with E-state index in [-0.39, 0.29) is 11.8 Å². The Morgan fingerprint density at radius 2 is 1.65 bits per heavy atom. The minimum atomic E-state index is -0.543. The maximum atomic E-state index is 12.2. The first-order chi connectivity index (χ1) is 9.58. The maximum absolute atomic E-state index is 12.2. The monoisotopic (exact) mass is 269 g/mol. The van der Waals surface area contributed by atoms with Gasteiger partial charge in [0.25, 0.3) is 0 Å². The van der Waals surface area contributed by atoms with Gasteiger partial charge in [0.2, 0.25) is 5.91 Å². The predicted octanol–water partition coefficient (Wildman–Crippen LogP) is 3.48. The lowest BCUT2D eigenvalue weighted by molar-refractivity contribution is -0.117. The third-order valence-electron chi connectivity index (χ3n) is 3.33. The Labute approximate surface area is 119 Å². The number of amides is 1. The van der Waals surface area contributed by atoms with Crippen LogP contribution in [0, 0.1) is 0 Å². The SMILES string of the molecule is CC(O)c1cccc(NC(=O)C(C)c2ccccc2)c1. The molecule has 0 saturated heterocycles. The van der Waals surface area contributed by atoms with Crippen LogP contribution in [0.15, 0.2) is 54.6 Å². The second kappa shape index (κ2) is 6.35. The van der Waals surface area contributed by atoms with Crippen molar-refractivity contribution in [1.82, 2.24) is 0 Å². The van der Waals surface area contributed by atoms with Crippen LogP contribution in [0.1, 0.15) is 37.0 Å². The summed E-state index contributed by atoms with van der Waals surface area (Å²) in [4.78, 5) is 12.2. The van der Waals surface area contributed by atoms with Crippen LogP contribution < -0.4 is 5.32 Å². The number of carbonyl (C=O) groups excluding carboxylic acids is 1. The molecule has 0 aliphatic carbocycles. The summed E-state index contributed by atoms with van der Waals surface area (Å²) >= 11 is 0. The Balaban J connectivity index is 2.10. The van der Waals surface area contributed by atoms with Crippen molar-refractivity contribution < 1.29 is 9.90 Å². The summed E-state index contributed by atoms with van der Waals surface area (Å²) in [5.74, 6) is -0.273. The van der Waals surface area contributed by atoms with Crippen LogP contribution in [-0.2, 0) is 4.79 Å². The van der Waals surface area contributed by atoms with Crippen molar-refractivity contribution in [2.75, 3.05) is 5.32 Å². The summed E-state index contributed by atoms with van der Waals surface area (Å²) in [6, 6.07) is 16.9. The van der Waals surface area contributed by atoms with Crippen molar-refractivity contribution in [3.8, 4) is 0 Å². The summed E-state index contributed by atoms with van der Waals surface area (Å²) in [5.41, 5.74) is 2.48. The number of aliphatic hydroxyl groups is 1. The highest BCUT2D eigenvalue weighted by molar-refractivity contribution is 5.95. The van der Waals surface area contributed by atoms with Gasteiger partial charge in [0.1, 0.15) is 0 Å². The molecule has 0 aliphatic rings. The summed E-state index contributed by atoms with van der Waals surface area (Å²) in [6.07, 6.45) is -0.543. The lowest BCUT2D eigenvalue weighted by atomic mass is 10.0. The number of aliphatic hydroxyl groups excluding tert-OH is 1. The fourth-order valence-corrected chi connectivity index (χ4v) is 2.02. The molecule has 0 saturated carbocycles. The van der Waals surface area contributed by atoms with Crippen LogP contribution in [0.5, 0.6) is 0 Å². The molecule has 0 bridgehead atoms. The van der Waals surface area contributed by atoms with Crippen LogP contribution in [0.4, 0.5) is 5.69 Å². The van der Waals surface area contributed by atoms with Crippen molar-refractivity contribution >= 4 is 11.6 Å². The average molecular weight is 269 g/mol. The Hall–Kier alpha value is -2.13. The molecule has 2 atom stereocenters. The predicted molar refractivity (Wildman–Crippen MR) is 80.6 cm³/mol. The number of rotatable bonds is 4. The van der Waals surface area contributed by atoms with E-state index < -0.39 is 6.10 Å². The zero-order chi connectivity index (χ0) is 14.5. The molecule has 104 valence electrons. The first-order valence-corrected chi connectivity index (χ1v) is 6.72. The zero-order valence-electron chi connectivity index (χ0n) is 11.7. The molecular formula is C17H19NO2. The highest BCUT2D eigenvalue weighted by Crippen LogP contribution is 2.20. The van der Waals surface area contributed by atoms with Crippen LogP contribution in [0.2, 0.25) is 0 Å². The van der Waals surface area contributed by atoms with Crippen molar-refractivity contribution in [2.24, 2.45) is 0 Å². The molecule has 3 nitrogen and oxygen atoms in total. The van der Waals surface area contributed by atoms with E-state index in [2.05, 4.69) is 5.32 Å². The fraction of sp³-hybridized carbons (Fsp3) is 0.235. The number of hydrogen-bond donors (Lipinski definition) is 2. The minimum absolute atomic E-state index is 0.0565. The van der Waals surface area contributed by atoms with Crippen LogP contribution in [0.25, 0.3) is 0 Å². The number of carbonyl (C=O) groups is 1. The van der Waals surface area contributed by atoms with Crippen molar-refractivity contribution in [3.05, 3.63) is 65.7 Å². The summed E-state index contributed by atoms with van der Waals surface area (Å²) in [6.45, 7) is 3.58. The third-order valence-corrected chi connectivity index (χ3v) is 3.33. The van der Waals surface area contributed by atoms with Gasteiger partial charge in [-0.05, 0) is 37.1 Å².